The molecule has 152 valence electrons. The molecule has 3 amide bonds. The molecule has 1 saturated heterocycles. The highest BCUT2D eigenvalue weighted by Gasteiger charge is 2.35. The van der Waals surface area contributed by atoms with Gasteiger partial charge in [0.15, 0.2) is 0 Å². The number of aryl methyl sites for hydroxylation is 2. The summed E-state index contributed by atoms with van der Waals surface area (Å²) in [6.07, 6.45) is 1.03. The second kappa shape index (κ2) is 9.22. The fraction of sp³-hybridized carbons (Fsp3) is 0.318. The summed E-state index contributed by atoms with van der Waals surface area (Å²) in [5.41, 5.74) is 3.58. The van der Waals surface area contributed by atoms with Crippen LogP contribution >= 0.6 is 15.9 Å². The number of hydrogen-bond donors (Lipinski definition) is 2. The number of nitrogens with zero attached hydrogens (tertiary/aromatic N) is 1. The van der Waals surface area contributed by atoms with Crippen LogP contribution in [0.1, 0.15) is 24.5 Å². The smallest absolute Gasteiger partial charge is 0.243 e. The first-order chi connectivity index (χ1) is 13.9. The Morgan fingerprint density at radius 3 is 2.72 bits per heavy atom. The van der Waals surface area contributed by atoms with Gasteiger partial charge in [-0.15, -0.1) is 0 Å². The van der Waals surface area contributed by atoms with E-state index in [2.05, 4.69) is 33.5 Å². The van der Waals surface area contributed by atoms with Gasteiger partial charge in [-0.05, 0) is 54.8 Å². The first-order valence-corrected chi connectivity index (χ1v) is 10.4. The van der Waals surface area contributed by atoms with E-state index in [4.69, 9.17) is 0 Å². The molecule has 1 aliphatic rings. The third-order valence-electron chi connectivity index (χ3n) is 5.01. The normalized spacial score (nSPS) is 16.0. The third kappa shape index (κ3) is 5.23. The van der Waals surface area contributed by atoms with E-state index in [1.165, 1.54) is 0 Å². The van der Waals surface area contributed by atoms with E-state index in [9.17, 15) is 14.4 Å². The molecule has 1 atom stereocenters. The van der Waals surface area contributed by atoms with Gasteiger partial charge in [0.05, 0.1) is 12.5 Å². The average molecular weight is 458 g/mol. The first kappa shape index (κ1) is 21.0. The molecular weight excluding hydrogens is 434 g/mol. The van der Waals surface area contributed by atoms with Crippen molar-refractivity contribution >= 4 is 45.0 Å². The topological polar surface area (TPSA) is 78.5 Å². The summed E-state index contributed by atoms with van der Waals surface area (Å²) in [5.74, 6) is -1.13. The van der Waals surface area contributed by atoms with Gasteiger partial charge >= 0.3 is 0 Å². The van der Waals surface area contributed by atoms with Crippen LogP contribution in [-0.2, 0) is 20.8 Å². The van der Waals surface area contributed by atoms with E-state index in [-0.39, 0.29) is 30.7 Å². The third-order valence-corrected chi connectivity index (χ3v) is 5.51. The Morgan fingerprint density at radius 1 is 1.21 bits per heavy atom. The number of hydrogen-bond acceptors (Lipinski definition) is 3. The minimum absolute atomic E-state index is 0.0756. The molecule has 0 radical (unpaired) electrons. The number of anilines is 2. The molecule has 0 bridgehead atoms. The lowest BCUT2D eigenvalue weighted by Gasteiger charge is -2.17. The van der Waals surface area contributed by atoms with Gasteiger partial charge in [0, 0.05) is 28.8 Å². The Labute approximate surface area is 178 Å². The fourth-order valence-electron chi connectivity index (χ4n) is 3.35. The maximum atomic E-state index is 12.5. The summed E-state index contributed by atoms with van der Waals surface area (Å²) < 4.78 is 0.932. The van der Waals surface area contributed by atoms with Crippen molar-refractivity contribution in [3.63, 3.8) is 0 Å². The van der Waals surface area contributed by atoms with Crippen molar-refractivity contribution in [3.05, 3.63) is 58.1 Å². The number of amides is 3. The number of rotatable bonds is 6. The van der Waals surface area contributed by atoms with E-state index < -0.39 is 5.92 Å². The highest BCUT2D eigenvalue weighted by molar-refractivity contribution is 9.10. The summed E-state index contributed by atoms with van der Waals surface area (Å²) in [6.45, 7) is 4.14. The predicted octanol–water partition coefficient (Wildman–Crippen LogP) is 3.43. The van der Waals surface area contributed by atoms with E-state index in [0.29, 0.717) is 12.2 Å². The second-order valence-corrected chi connectivity index (χ2v) is 8.07. The molecule has 0 saturated carbocycles. The summed E-state index contributed by atoms with van der Waals surface area (Å²) in [4.78, 5) is 38.7. The van der Waals surface area contributed by atoms with Crippen LogP contribution in [0, 0.1) is 12.8 Å². The Bertz CT molecular complexity index is 945. The molecule has 0 spiro atoms. The summed E-state index contributed by atoms with van der Waals surface area (Å²) in [7, 11) is 0. The summed E-state index contributed by atoms with van der Waals surface area (Å²) in [5, 5.41) is 5.44. The van der Waals surface area contributed by atoms with Gasteiger partial charge in [0.1, 0.15) is 0 Å². The quantitative estimate of drug-likeness (QED) is 0.697. The molecule has 3 rings (SSSR count). The minimum atomic E-state index is -0.463. The molecule has 0 aliphatic carbocycles. The molecule has 6 nitrogen and oxygen atoms in total. The van der Waals surface area contributed by atoms with Crippen LogP contribution in [-0.4, -0.2) is 30.8 Å². The number of benzene rings is 2. The van der Waals surface area contributed by atoms with Gasteiger partial charge in [-0.25, -0.2) is 0 Å². The molecule has 2 N–H and O–H groups in total. The van der Waals surface area contributed by atoms with Crippen molar-refractivity contribution in [1.29, 1.82) is 0 Å². The maximum absolute atomic E-state index is 12.5. The van der Waals surface area contributed by atoms with Crippen molar-refractivity contribution in [2.24, 2.45) is 5.92 Å². The van der Waals surface area contributed by atoms with E-state index in [1.54, 1.807) is 11.0 Å². The molecule has 2 aromatic carbocycles. The van der Waals surface area contributed by atoms with E-state index in [1.807, 2.05) is 43.3 Å². The SMILES string of the molecule is CCc1cccc(N2CC(C(=O)NCC(=O)Nc3ccc(Br)cc3C)CC2=O)c1. The zero-order valence-corrected chi connectivity index (χ0v) is 18.1. The zero-order chi connectivity index (χ0) is 21.0. The number of nitrogens with one attached hydrogen (secondary N) is 2. The molecule has 7 heteroatoms. The second-order valence-electron chi connectivity index (χ2n) is 7.15. The predicted molar refractivity (Wildman–Crippen MR) is 117 cm³/mol. The monoisotopic (exact) mass is 457 g/mol. The Hall–Kier alpha value is -2.67. The van der Waals surface area contributed by atoms with E-state index >= 15 is 0 Å². The van der Waals surface area contributed by atoms with Crippen molar-refractivity contribution < 1.29 is 14.4 Å². The molecule has 29 heavy (non-hydrogen) atoms. The first-order valence-electron chi connectivity index (χ1n) is 9.60. The van der Waals surface area contributed by atoms with E-state index in [0.717, 1.165) is 27.7 Å². The van der Waals surface area contributed by atoms with Crippen LogP contribution in [0.25, 0.3) is 0 Å². The summed E-state index contributed by atoms with van der Waals surface area (Å²) >= 11 is 3.38. The fourth-order valence-corrected chi connectivity index (χ4v) is 3.83. The van der Waals surface area contributed by atoms with Crippen molar-refractivity contribution in [2.75, 3.05) is 23.3 Å². The maximum Gasteiger partial charge on any atom is 0.243 e. The standard InChI is InChI=1S/C22H24BrN3O3/c1-3-15-5-4-6-18(10-15)26-13-16(11-21(26)28)22(29)24-12-20(27)25-19-8-7-17(23)9-14(19)2/h4-10,16H,3,11-13H2,1-2H3,(H,24,29)(H,25,27). The van der Waals surface area contributed by atoms with Crippen molar-refractivity contribution in [3.8, 4) is 0 Å². The van der Waals surface area contributed by atoms with Crippen molar-refractivity contribution in [2.45, 2.75) is 26.7 Å². The lowest BCUT2D eigenvalue weighted by atomic mass is 10.1. The molecule has 1 heterocycles. The van der Waals surface area contributed by atoms with Gasteiger partial charge in [-0.2, -0.15) is 0 Å². The molecule has 1 unspecified atom stereocenters. The number of halogens is 1. The molecule has 1 fully saturated rings. The van der Waals surface area contributed by atoms with Crippen molar-refractivity contribution in [1.82, 2.24) is 5.32 Å². The van der Waals surface area contributed by atoms with Gasteiger partial charge < -0.3 is 15.5 Å². The van der Waals surface area contributed by atoms with Crippen LogP contribution in [0.3, 0.4) is 0 Å². The van der Waals surface area contributed by atoms with Gasteiger partial charge in [0.25, 0.3) is 0 Å². The van der Waals surface area contributed by atoms with Crippen LogP contribution < -0.4 is 15.5 Å². The summed E-state index contributed by atoms with van der Waals surface area (Å²) in [6, 6.07) is 13.3. The largest absolute Gasteiger partial charge is 0.347 e. The Morgan fingerprint density at radius 2 is 2.00 bits per heavy atom. The van der Waals surface area contributed by atoms with Crippen LogP contribution in [0.2, 0.25) is 0 Å². The van der Waals surface area contributed by atoms with Crippen LogP contribution in [0.4, 0.5) is 11.4 Å². The van der Waals surface area contributed by atoms with Crippen LogP contribution in [0.15, 0.2) is 46.9 Å². The minimum Gasteiger partial charge on any atom is -0.347 e. The van der Waals surface area contributed by atoms with Gasteiger partial charge in [-0.1, -0.05) is 35.0 Å². The van der Waals surface area contributed by atoms with Gasteiger partial charge in [-0.3, -0.25) is 14.4 Å². The number of carbonyl (C=O) groups excluding carboxylic acids is 3. The molecule has 2 aromatic rings. The molecule has 1 aliphatic heterocycles. The van der Waals surface area contributed by atoms with Gasteiger partial charge in [0.2, 0.25) is 17.7 Å². The Kier molecular flexibility index (Phi) is 6.69. The highest BCUT2D eigenvalue weighted by atomic mass is 79.9. The average Bonchev–Trinajstić information content (AvgIpc) is 3.10. The number of carbonyl (C=O) groups is 3. The lowest BCUT2D eigenvalue weighted by molar-refractivity contribution is -0.127. The Balaban J connectivity index is 1.54. The lowest BCUT2D eigenvalue weighted by Crippen LogP contribution is -2.38. The zero-order valence-electron chi connectivity index (χ0n) is 16.5. The highest BCUT2D eigenvalue weighted by Crippen LogP contribution is 2.26. The van der Waals surface area contributed by atoms with Crippen LogP contribution in [0.5, 0.6) is 0 Å². The molecular formula is C22H24BrN3O3. The molecule has 0 aromatic heterocycles.